The van der Waals surface area contributed by atoms with E-state index in [2.05, 4.69) is 36.7 Å². The Kier molecular flexibility index (Phi) is 3.44. The van der Waals surface area contributed by atoms with Gasteiger partial charge in [0.15, 0.2) is 0 Å². The topological polar surface area (TPSA) is 18.5 Å². The summed E-state index contributed by atoms with van der Waals surface area (Å²) in [6, 6.07) is 0. The van der Waals surface area contributed by atoms with Gasteiger partial charge in [-0.15, -0.1) is 0 Å². The van der Waals surface area contributed by atoms with E-state index in [-0.39, 0.29) is 5.60 Å². The highest BCUT2D eigenvalue weighted by atomic mass is 79.9. The molecular formula is C12H21BrO2. The van der Waals surface area contributed by atoms with Crippen molar-refractivity contribution in [1.82, 2.24) is 0 Å². The predicted molar refractivity (Wildman–Crippen MR) is 64.4 cm³/mol. The number of hydrogen-bond donors (Lipinski definition) is 0. The maximum atomic E-state index is 5.86. The zero-order chi connectivity index (χ0) is 11.1. The molecule has 0 aromatic rings. The summed E-state index contributed by atoms with van der Waals surface area (Å²) in [5, 5.41) is 0. The lowest BCUT2D eigenvalue weighted by atomic mass is 9.92. The van der Waals surface area contributed by atoms with Crippen LogP contribution in [0.5, 0.6) is 0 Å². The van der Waals surface area contributed by atoms with Crippen LogP contribution in [0.2, 0.25) is 0 Å². The molecule has 2 nitrogen and oxygen atoms in total. The van der Waals surface area contributed by atoms with Crippen molar-refractivity contribution < 1.29 is 9.47 Å². The fourth-order valence-electron chi connectivity index (χ4n) is 2.64. The smallest absolute Gasteiger partial charge is 0.0754 e. The van der Waals surface area contributed by atoms with Gasteiger partial charge >= 0.3 is 0 Å². The van der Waals surface area contributed by atoms with E-state index in [9.17, 15) is 0 Å². The van der Waals surface area contributed by atoms with E-state index in [0.717, 1.165) is 13.0 Å². The molecule has 0 N–H and O–H groups in total. The number of rotatable bonds is 2. The van der Waals surface area contributed by atoms with Gasteiger partial charge in [-0.1, -0.05) is 15.9 Å². The summed E-state index contributed by atoms with van der Waals surface area (Å²) in [4.78, 5) is 0.463. The zero-order valence-corrected chi connectivity index (χ0v) is 11.4. The average molecular weight is 277 g/mol. The Bertz CT molecular complexity index is 230. The molecule has 0 aromatic heterocycles. The van der Waals surface area contributed by atoms with Crippen molar-refractivity contribution in [2.75, 3.05) is 6.61 Å². The fraction of sp³-hybridized carbons (Fsp3) is 1.00. The number of halogens is 1. The Balaban J connectivity index is 1.86. The highest BCUT2D eigenvalue weighted by Gasteiger charge is 2.42. The molecule has 4 atom stereocenters. The molecule has 2 rings (SSSR count). The first-order valence-electron chi connectivity index (χ1n) is 5.92. The van der Waals surface area contributed by atoms with Crippen molar-refractivity contribution in [3.05, 3.63) is 0 Å². The van der Waals surface area contributed by atoms with Crippen LogP contribution < -0.4 is 0 Å². The second-order valence-corrected chi connectivity index (χ2v) is 6.44. The molecular weight excluding hydrogens is 256 g/mol. The molecule has 4 unspecified atom stereocenters. The summed E-state index contributed by atoms with van der Waals surface area (Å²) in [6.45, 7) is 7.35. The molecule has 3 heteroatoms. The normalized spacial score (nSPS) is 44.8. The minimum atomic E-state index is -0.0190. The largest absolute Gasteiger partial charge is 0.375 e. The Morgan fingerprint density at radius 3 is 2.53 bits per heavy atom. The van der Waals surface area contributed by atoms with Crippen LogP contribution in [0, 0.1) is 5.92 Å². The highest BCUT2D eigenvalue weighted by Crippen LogP contribution is 2.39. The molecule has 0 amide bonds. The van der Waals surface area contributed by atoms with Crippen LogP contribution in [0.25, 0.3) is 0 Å². The van der Waals surface area contributed by atoms with Gasteiger partial charge in [0.25, 0.3) is 0 Å². The first-order valence-corrected chi connectivity index (χ1v) is 6.84. The second kappa shape index (κ2) is 4.34. The van der Waals surface area contributed by atoms with Crippen LogP contribution in [-0.4, -0.2) is 29.2 Å². The lowest BCUT2D eigenvalue weighted by Crippen LogP contribution is -2.31. The molecule has 0 aromatic carbocycles. The van der Waals surface area contributed by atoms with Gasteiger partial charge in [-0.25, -0.2) is 0 Å². The fourth-order valence-corrected chi connectivity index (χ4v) is 3.14. The number of hydrogen-bond acceptors (Lipinski definition) is 2. The van der Waals surface area contributed by atoms with E-state index in [0.29, 0.717) is 23.0 Å². The first kappa shape index (κ1) is 11.9. The summed E-state index contributed by atoms with van der Waals surface area (Å²) in [5.74, 6) is 0.607. The van der Waals surface area contributed by atoms with Crippen molar-refractivity contribution >= 4 is 15.9 Å². The second-order valence-electron chi connectivity index (χ2n) is 5.46. The molecule has 0 radical (unpaired) electrons. The van der Waals surface area contributed by atoms with E-state index >= 15 is 0 Å². The highest BCUT2D eigenvalue weighted by molar-refractivity contribution is 9.09. The van der Waals surface area contributed by atoms with Crippen LogP contribution in [0.4, 0.5) is 0 Å². The van der Waals surface area contributed by atoms with E-state index in [1.165, 1.54) is 12.8 Å². The van der Waals surface area contributed by atoms with Gasteiger partial charge in [0.1, 0.15) is 0 Å². The minimum Gasteiger partial charge on any atom is -0.375 e. The third-order valence-electron chi connectivity index (χ3n) is 3.63. The van der Waals surface area contributed by atoms with Gasteiger partial charge in [0.2, 0.25) is 0 Å². The van der Waals surface area contributed by atoms with Crippen LogP contribution in [0.1, 0.15) is 40.0 Å². The summed E-state index contributed by atoms with van der Waals surface area (Å²) < 4.78 is 11.7. The molecule has 2 aliphatic rings. The van der Waals surface area contributed by atoms with Crippen LogP contribution in [0.3, 0.4) is 0 Å². The maximum absolute atomic E-state index is 5.86. The van der Waals surface area contributed by atoms with Crippen molar-refractivity contribution in [3.8, 4) is 0 Å². The van der Waals surface area contributed by atoms with Crippen LogP contribution >= 0.6 is 15.9 Å². The van der Waals surface area contributed by atoms with Crippen LogP contribution in [0.15, 0.2) is 0 Å². The van der Waals surface area contributed by atoms with Gasteiger partial charge in [-0.3, -0.25) is 0 Å². The lowest BCUT2D eigenvalue weighted by molar-refractivity contribution is 0.0279. The Hall–Kier alpha value is 0.400. The summed E-state index contributed by atoms with van der Waals surface area (Å²) in [5.41, 5.74) is -0.0190. The zero-order valence-electron chi connectivity index (χ0n) is 9.83. The van der Waals surface area contributed by atoms with E-state index in [1.54, 1.807) is 0 Å². The molecule has 15 heavy (non-hydrogen) atoms. The minimum absolute atomic E-state index is 0.0190. The van der Waals surface area contributed by atoms with E-state index in [4.69, 9.17) is 9.47 Å². The van der Waals surface area contributed by atoms with Gasteiger partial charge < -0.3 is 9.47 Å². The number of ether oxygens (including phenoxy) is 2. The summed E-state index contributed by atoms with van der Waals surface area (Å²) >= 11 is 3.77. The Labute approximate surface area is 101 Å². The summed E-state index contributed by atoms with van der Waals surface area (Å²) in [7, 11) is 0. The molecule has 2 fully saturated rings. The van der Waals surface area contributed by atoms with Crippen molar-refractivity contribution in [1.29, 1.82) is 0 Å². The van der Waals surface area contributed by atoms with Gasteiger partial charge in [0.05, 0.1) is 24.4 Å². The quantitative estimate of drug-likeness (QED) is 0.722. The SMILES string of the molecule is CC1CCC(CC2COC(C)(C)C2Br)O1. The molecule has 2 aliphatic heterocycles. The standard InChI is InChI=1S/C12H21BrO2/c1-8-4-5-10(15-8)6-9-7-14-12(2,3)11(9)13/h8-11H,4-7H2,1-3H3. The average Bonchev–Trinajstić information content (AvgIpc) is 2.66. The van der Waals surface area contributed by atoms with Gasteiger partial charge in [-0.05, 0) is 46.0 Å². The first-order chi connectivity index (χ1) is 6.99. The van der Waals surface area contributed by atoms with Crippen molar-refractivity contribution in [3.63, 3.8) is 0 Å². The van der Waals surface area contributed by atoms with Gasteiger partial charge in [0, 0.05) is 4.83 Å². The molecule has 88 valence electrons. The Morgan fingerprint density at radius 2 is 2.07 bits per heavy atom. The maximum Gasteiger partial charge on any atom is 0.0754 e. The van der Waals surface area contributed by atoms with Crippen molar-refractivity contribution in [2.45, 2.75) is 62.7 Å². The molecule has 0 spiro atoms. The predicted octanol–water partition coefficient (Wildman–Crippen LogP) is 3.13. The molecule has 2 heterocycles. The molecule has 0 aliphatic carbocycles. The Morgan fingerprint density at radius 1 is 1.33 bits per heavy atom. The van der Waals surface area contributed by atoms with Crippen LogP contribution in [-0.2, 0) is 9.47 Å². The number of alkyl halides is 1. The van der Waals surface area contributed by atoms with E-state index < -0.39 is 0 Å². The summed E-state index contributed by atoms with van der Waals surface area (Å²) in [6.07, 6.45) is 4.50. The molecule has 2 saturated heterocycles. The van der Waals surface area contributed by atoms with Gasteiger partial charge in [-0.2, -0.15) is 0 Å². The third kappa shape index (κ3) is 2.56. The third-order valence-corrected chi connectivity index (χ3v) is 5.48. The van der Waals surface area contributed by atoms with Crippen molar-refractivity contribution in [2.24, 2.45) is 5.92 Å². The molecule has 0 bridgehead atoms. The monoisotopic (exact) mass is 276 g/mol. The lowest BCUT2D eigenvalue weighted by Gasteiger charge is -2.24. The molecule has 0 saturated carbocycles. The van der Waals surface area contributed by atoms with E-state index in [1.807, 2.05) is 0 Å².